The summed E-state index contributed by atoms with van der Waals surface area (Å²) in [6, 6.07) is 20.2. The Kier molecular flexibility index (Phi) is 8.53. The van der Waals surface area contributed by atoms with Gasteiger partial charge in [0.15, 0.2) is 0 Å². The highest BCUT2D eigenvalue weighted by molar-refractivity contribution is 9.10. The van der Waals surface area contributed by atoms with Gasteiger partial charge in [-0.15, -0.1) is 0 Å². The third kappa shape index (κ3) is 6.35. The Hall–Kier alpha value is -2.39. The van der Waals surface area contributed by atoms with Crippen LogP contribution >= 0.6 is 27.5 Å². The van der Waals surface area contributed by atoms with E-state index in [1.165, 1.54) is 12.1 Å². The van der Waals surface area contributed by atoms with Gasteiger partial charge >= 0.3 is 0 Å². The average Bonchev–Trinajstić information content (AvgIpc) is 2.80. The van der Waals surface area contributed by atoms with Crippen LogP contribution in [-0.2, 0) is 21.4 Å². The first-order chi connectivity index (χ1) is 15.7. The summed E-state index contributed by atoms with van der Waals surface area (Å²) in [5.41, 5.74) is 1.40. The second-order valence-corrected chi connectivity index (χ2v) is 10.6. The number of sulfonamides is 1. The molecular formula is C24H24BrClN2O4S. The number of hydrogen-bond donors (Lipinski definition) is 1. The fourth-order valence-corrected chi connectivity index (χ4v) is 5.18. The van der Waals surface area contributed by atoms with Gasteiger partial charge in [0.2, 0.25) is 15.9 Å². The van der Waals surface area contributed by atoms with Crippen LogP contribution in [0.1, 0.15) is 24.1 Å². The molecule has 1 N–H and O–H groups in total. The number of carbonyl (C=O) groups is 1. The van der Waals surface area contributed by atoms with Gasteiger partial charge in [-0.2, -0.15) is 4.31 Å². The number of hydrogen-bond acceptors (Lipinski definition) is 4. The predicted octanol–water partition coefficient (Wildman–Crippen LogP) is 5.18. The molecule has 0 bridgehead atoms. The van der Waals surface area contributed by atoms with E-state index in [4.69, 9.17) is 16.3 Å². The molecule has 33 heavy (non-hydrogen) atoms. The molecule has 0 heterocycles. The van der Waals surface area contributed by atoms with Crippen LogP contribution in [0.15, 0.2) is 82.2 Å². The summed E-state index contributed by atoms with van der Waals surface area (Å²) in [7, 11) is -2.41. The minimum Gasteiger partial charge on any atom is -0.496 e. The highest BCUT2D eigenvalue weighted by Crippen LogP contribution is 2.26. The summed E-state index contributed by atoms with van der Waals surface area (Å²) in [5.74, 6) is 0.196. The largest absolute Gasteiger partial charge is 0.496 e. The number of benzene rings is 3. The van der Waals surface area contributed by atoms with E-state index in [-0.39, 0.29) is 24.0 Å². The number of para-hydroxylation sites is 1. The van der Waals surface area contributed by atoms with Crippen molar-refractivity contribution >= 4 is 43.5 Å². The van der Waals surface area contributed by atoms with Gasteiger partial charge in [-0.3, -0.25) is 4.79 Å². The number of methoxy groups -OCH3 is 1. The molecule has 3 aromatic carbocycles. The predicted molar refractivity (Wildman–Crippen MR) is 133 cm³/mol. The van der Waals surface area contributed by atoms with Crippen LogP contribution in [0.25, 0.3) is 0 Å². The Balaban J connectivity index is 1.86. The van der Waals surface area contributed by atoms with Crippen LogP contribution in [0.4, 0.5) is 0 Å². The van der Waals surface area contributed by atoms with Crippen molar-refractivity contribution in [3.63, 3.8) is 0 Å². The van der Waals surface area contributed by atoms with Gasteiger partial charge in [-0.25, -0.2) is 8.42 Å². The van der Waals surface area contributed by atoms with Crippen molar-refractivity contribution < 1.29 is 17.9 Å². The zero-order chi connectivity index (χ0) is 24.0. The van der Waals surface area contributed by atoms with E-state index < -0.39 is 15.9 Å². The molecule has 174 valence electrons. The van der Waals surface area contributed by atoms with E-state index in [0.29, 0.717) is 16.3 Å². The van der Waals surface area contributed by atoms with Crippen LogP contribution in [0.2, 0.25) is 5.02 Å². The van der Waals surface area contributed by atoms with Gasteiger partial charge in [-0.1, -0.05) is 63.9 Å². The highest BCUT2D eigenvalue weighted by Gasteiger charge is 2.28. The smallest absolute Gasteiger partial charge is 0.243 e. The van der Waals surface area contributed by atoms with E-state index in [1.807, 2.05) is 25.1 Å². The first-order valence-electron chi connectivity index (χ1n) is 10.1. The Bertz CT molecular complexity index is 1220. The molecule has 0 aliphatic heterocycles. The molecule has 0 saturated heterocycles. The summed E-state index contributed by atoms with van der Waals surface area (Å²) >= 11 is 9.59. The van der Waals surface area contributed by atoms with Crippen molar-refractivity contribution in [2.45, 2.75) is 24.4 Å². The van der Waals surface area contributed by atoms with Crippen molar-refractivity contribution in [3.05, 3.63) is 93.4 Å². The lowest BCUT2D eigenvalue weighted by atomic mass is 10.1. The van der Waals surface area contributed by atoms with Crippen LogP contribution < -0.4 is 10.1 Å². The molecule has 6 nitrogen and oxygen atoms in total. The normalized spacial score (nSPS) is 12.4. The van der Waals surface area contributed by atoms with Crippen molar-refractivity contribution in [1.82, 2.24) is 9.62 Å². The fraction of sp³-hybridized carbons (Fsp3) is 0.208. The molecule has 0 aromatic heterocycles. The van der Waals surface area contributed by atoms with Crippen molar-refractivity contribution in [3.8, 4) is 5.75 Å². The topological polar surface area (TPSA) is 75.7 Å². The number of nitrogens with one attached hydrogen (secondary N) is 1. The Labute approximate surface area is 207 Å². The molecule has 0 saturated carbocycles. The molecule has 0 spiro atoms. The van der Waals surface area contributed by atoms with Crippen LogP contribution in [-0.4, -0.2) is 32.3 Å². The van der Waals surface area contributed by atoms with Crippen molar-refractivity contribution in [1.29, 1.82) is 0 Å². The molecular weight excluding hydrogens is 528 g/mol. The van der Waals surface area contributed by atoms with Crippen LogP contribution in [0.5, 0.6) is 5.75 Å². The Morgan fingerprint density at radius 1 is 1.06 bits per heavy atom. The van der Waals surface area contributed by atoms with E-state index in [2.05, 4.69) is 21.2 Å². The maximum absolute atomic E-state index is 13.4. The minimum absolute atomic E-state index is 0.0471. The van der Waals surface area contributed by atoms with Crippen LogP contribution in [0.3, 0.4) is 0 Å². The first kappa shape index (κ1) is 25.2. The second-order valence-electron chi connectivity index (χ2n) is 7.35. The molecule has 3 rings (SSSR count). The number of halogens is 2. The van der Waals surface area contributed by atoms with Crippen LogP contribution in [0, 0.1) is 0 Å². The van der Waals surface area contributed by atoms with Gasteiger partial charge in [0.25, 0.3) is 0 Å². The fourth-order valence-electron chi connectivity index (χ4n) is 3.35. The van der Waals surface area contributed by atoms with E-state index in [9.17, 15) is 13.2 Å². The van der Waals surface area contributed by atoms with Gasteiger partial charge < -0.3 is 10.1 Å². The molecule has 9 heteroatoms. The molecule has 1 amide bonds. The maximum Gasteiger partial charge on any atom is 0.243 e. The number of ether oxygens (including phenoxy) is 1. The molecule has 0 aliphatic carbocycles. The average molecular weight is 552 g/mol. The second kappa shape index (κ2) is 11.2. The first-order valence-corrected chi connectivity index (χ1v) is 12.7. The van der Waals surface area contributed by atoms with E-state index in [1.54, 1.807) is 49.6 Å². The zero-order valence-electron chi connectivity index (χ0n) is 18.2. The summed E-state index contributed by atoms with van der Waals surface area (Å²) in [5, 5.41) is 3.30. The SMILES string of the molecule is COc1ccccc1[C@H](C)NC(=O)CN(Cc1ccccc1Cl)S(=O)(=O)c1ccc(Br)cc1. The van der Waals surface area contributed by atoms with E-state index >= 15 is 0 Å². The minimum atomic E-state index is -3.97. The van der Waals surface area contributed by atoms with Crippen molar-refractivity contribution in [2.75, 3.05) is 13.7 Å². The lowest BCUT2D eigenvalue weighted by Gasteiger charge is -2.24. The lowest BCUT2D eigenvalue weighted by Crippen LogP contribution is -2.41. The summed E-state index contributed by atoms with van der Waals surface area (Å²) in [6.07, 6.45) is 0. The van der Waals surface area contributed by atoms with E-state index in [0.717, 1.165) is 14.3 Å². The standard InChI is InChI=1S/C24H24BrClN2O4S/c1-17(21-8-4-6-10-23(21)32-2)27-24(29)16-28(15-18-7-3-5-9-22(18)26)33(30,31)20-13-11-19(25)12-14-20/h3-14,17H,15-16H2,1-2H3,(H,27,29)/t17-/m0/s1. The molecule has 3 aromatic rings. The van der Waals surface area contributed by atoms with Gasteiger partial charge in [-0.05, 0) is 48.9 Å². The highest BCUT2D eigenvalue weighted by atomic mass is 79.9. The number of nitrogens with zero attached hydrogens (tertiary/aromatic N) is 1. The third-order valence-electron chi connectivity index (χ3n) is 5.06. The maximum atomic E-state index is 13.4. The number of amides is 1. The van der Waals surface area contributed by atoms with Gasteiger partial charge in [0.1, 0.15) is 5.75 Å². The van der Waals surface area contributed by atoms with Gasteiger partial charge in [0.05, 0.1) is 24.6 Å². The summed E-state index contributed by atoms with van der Waals surface area (Å²) in [4.78, 5) is 13.0. The van der Waals surface area contributed by atoms with Gasteiger partial charge in [0, 0.05) is 21.6 Å². The molecule has 0 aliphatic rings. The Morgan fingerprint density at radius 2 is 1.70 bits per heavy atom. The summed E-state index contributed by atoms with van der Waals surface area (Å²) in [6.45, 7) is 1.40. The molecule has 0 unspecified atom stereocenters. The lowest BCUT2D eigenvalue weighted by molar-refractivity contribution is -0.122. The number of rotatable bonds is 9. The number of carbonyl (C=O) groups excluding carboxylic acids is 1. The quantitative estimate of drug-likeness (QED) is 0.398. The van der Waals surface area contributed by atoms with Crippen molar-refractivity contribution in [2.24, 2.45) is 0 Å². The molecule has 1 atom stereocenters. The third-order valence-corrected chi connectivity index (χ3v) is 7.76. The summed E-state index contributed by atoms with van der Waals surface area (Å²) < 4.78 is 34.1. The zero-order valence-corrected chi connectivity index (χ0v) is 21.3. The monoisotopic (exact) mass is 550 g/mol. The Morgan fingerprint density at radius 3 is 2.36 bits per heavy atom. The molecule has 0 fully saturated rings. The molecule has 0 radical (unpaired) electrons.